The Labute approximate surface area is 159 Å². The Morgan fingerprint density at radius 3 is 2.63 bits per heavy atom. The minimum atomic E-state index is -0.952. The highest BCUT2D eigenvalue weighted by atomic mass is 16.4. The lowest BCUT2D eigenvalue weighted by Gasteiger charge is -2.28. The van der Waals surface area contributed by atoms with E-state index in [0.29, 0.717) is 5.56 Å². The number of nitrogens with zero attached hydrogens (tertiary/aromatic N) is 2. The summed E-state index contributed by atoms with van der Waals surface area (Å²) >= 11 is 0. The van der Waals surface area contributed by atoms with Crippen molar-refractivity contribution in [3.63, 3.8) is 0 Å². The van der Waals surface area contributed by atoms with E-state index in [1.807, 2.05) is 31.2 Å². The first-order chi connectivity index (χ1) is 13.0. The number of nitrogens with one attached hydrogen (secondary N) is 1. The molecular formula is C21H25N3O3. The predicted molar refractivity (Wildman–Crippen MR) is 104 cm³/mol. The number of carbonyl (C=O) groups is 2. The van der Waals surface area contributed by atoms with Gasteiger partial charge in [0.1, 0.15) is 5.82 Å². The number of benzene rings is 1. The quantitative estimate of drug-likeness (QED) is 0.818. The number of hydrogen-bond acceptors (Lipinski definition) is 4. The van der Waals surface area contributed by atoms with Gasteiger partial charge in [-0.3, -0.25) is 9.59 Å². The molecule has 142 valence electrons. The van der Waals surface area contributed by atoms with Crippen molar-refractivity contribution in [3.05, 3.63) is 59.3 Å². The molecule has 1 aromatic carbocycles. The maximum absolute atomic E-state index is 12.8. The van der Waals surface area contributed by atoms with E-state index in [1.165, 1.54) is 6.42 Å². The zero-order valence-corrected chi connectivity index (χ0v) is 15.5. The van der Waals surface area contributed by atoms with Crippen LogP contribution in [0.4, 0.5) is 5.82 Å². The standard InChI is InChI=1S/C21H25N3O3/c1-15-7-3-4-8-17(15)18(14-20(25)26)23-21(27)16-9-10-22-19(13-16)24-11-5-2-6-12-24/h3-4,7-10,13,18H,2,5-6,11-12,14H2,1H3,(H,23,27)(H,25,26)/t18-/m0/s1. The predicted octanol–water partition coefficient (Wildman–Crippen LogP) is 3.33. The molecule has 27 heavy (non-hydrogen) atoms. The van der Waals surface area contributed by atoms with Crippen LogP contribution in [0.1, 0.15) is 53.2 Å². The van der Waals surface area contributed by atoms with E-state index in [2.05, 4.69) is 15.2 Å². The maximum atomic E-state index is 12.8. The number of carbonyl (C=O) groups excluding carboxylic acids is 1. The largest absolute Gasteiger partial charge is 0.481 e. The van der Waals surface area contributed by atoms with Gasteiger partial charge in [-0.2, -0.15) is 0 Å². The van der Waals surface area contributed by atoms with Gasteiger partial charge in [-0.05, 0) is 49.4 Å². The molecule has 0 spiro atoms. The van der Waals surface area contributed by atoms with Crippen molar-refractivity contribution in [2.45, 2.75) is 38.6 Å². The molecule has 1 aromatic heterocycles. The lowest BCUT2D eigenvalue weighted by atomic mass is 9.98. The normalized spacial score (nSPS) is 15.2. The van der Waals surface area contributed by atoms with Crippen molar-refractivity contribution >= 4 is 17.7 Å². The van der Waals surface area contributed by atoms with Crippen LogP contribution in [0, 0.1) is 6.92 Å². The number of aromatic nitrogens is 1. The van der Waals surface area contributed by atoms with Gasteiger partial charge in [0.2, 0.25) is 0 Å². The number of hydrogen-bond donors (Lipinski definition) is 2. The van der Waals surface area contributed by atoms with E-state index >= 15 is 0 Å². The zero-order valence-electron chi connectivity index (χ0n) is 15.5. The van der Waals surface area contributed by atoms with Crippen LogP contribution in [-0.2, 0) is 4.79 Å². The fraction of sp³-hybridized carbons (Fsp3) is 0.381. The fourth-order valence-corrected chi connectivity index (χ4v) is 3.49. The van der Waals surface area contributed by atoms with Crippen molar-refractivity contribution in [2.24, 2.45) is 0 Å². The lowest BCUT2D eigenvalue weighted by molar-refractivity contribution is -0.137. The second kappa shape index (κ2) is 8.66. The van der Waals surface area contributed by atoms with Gasteiger partial charge in [0.25, 0.3) is 5.91 Å². The molecule has 3 rings (SSSR count). The first-order valence-corrected chi connectivity index (χ1v) is 9.34. The molecule has 1 aliphatic rings. The minimum Gasteiger partial charge on any atom is -0.481 e. The molecule has 0 unspecified atom stereocenters. The molecule has 1 fully saturated rings. The van der Waals surface area contributed by atoms with E-state index in [1.54, 1.807) is 18.3 Å². The van der Waals surface area contributed by atoms with Gasteiger partial charge in [0.05, 0.1) is 12.5 Å². The van der Waals surface area contributed by atoms with Gasteiger partial charge in [0.15, 0.2) is 0 Å². The summed E-state index contributed by atoms with van der Waals surface area (Å²) in [4.78, 5) is 30.7. The molecular weight excluding hydrogens is 342 g/mol. The van der Waals surface area contributed by atoms with Gasteiger partial charge in [0, 0.05) is 24.8 Å². The van der Waals surface area contributed by atoms with Crippen LogP contribution in [0.5, 0.6) is 0 Å². The molecule has 6 heteroatoms. The minimum absolute atomic E-state index is 0.166. The van der Waals surface area contributed by atoms with Gasteiger partial charge in [-0.25, -0.2) is 4.98 Å². The Bertz CT molecular complexity index is 816. The van der Waals surface area contributed by atoms with E-state index < -0.39 is 12.0 Å². The molecule has 2 aromatic rings. The average Bonchev–Trinajstić information content (AvgIpc) is 2.68. The van der Waals surface area contributed by atoms with Gasteiger partial charge < -0.3 is 15.3 Å². The van der Waals surface area contributed by atoms with Crippen molar-refractivity contribution in [1.82, 2.24) is 10.3 Å². The number of amides is 1. The summed E-state index contributed by atoms with van der Waals surface area (Å²) in [6.45, 7) is 3.81. The van der Waals surface area contributed by atoms with E-state index in [-0.39, 0.29) is 12.3 Å². The monoisotopic (exact) mass is 367 g/mol. The average molecular weight is 367 g/mol. The number of aryl methyl sites for hydroxylation is 1. The van der Waals surface area contributed by atoms with Gasteiger partial charge in [-0.1, -0.05) is 24.3 Å². The molecule has 1 saturated heterocycles. The van der Waals surface area contributed by atoms with Crippen molar-refractivity contribution in [1.29, 1.82) is 0 Å². The van der Waals surface area contributed by atoms with E-state index in [0.717, 1.165) is 42.9 Å². The number of carboxylic acids is 1. The highest BCUT2D eigenvalue weighted by Gasteiger charge is 2.21. The van der Waals surface area contributed by atoms with E-state index in [9.17, 15) is 14.7 Å². The van der Waals surface area contributed by atoms with Crippen LogP contribution in [0.25, 0.3) is 0 Å². The number of piperidine rings is 1. The third kappa shape index (κ3) is 4.84. The van der Waals surface area contributed by atoms with Crippen molar-refractivity contribution < 1.29 is 14.7 Å². The van der Waals surface area contributed by atoms with Crippen LogP contribution >= 0.6 is 0 Å². The van der Waals surface area contributed by atoms with Crippen LogP contribution in [-0.4, -0.2) is 35.1 Å². The molecule has 1 atom stereocenters. The molecule has 0 radical (unpaired) electrons. The first kappa shape index (κ1) is 18.9. The zero-order chi connectivity index (χ0) is 19.2. The molecule has 2 heterocycles. The molecule has 2 N–H and O–H groups in total. The topological polar surface area (TPSA) is 82.5 Å². The van der Waals surface area contributed by atoms with E-state index in [4.69, 9.17) is 0 Å². The molecule has 1 aliphatic heterocycles. The molecule has 0 saturated carbocycles. The van der Waals surface area contributed by atoms with Crippen LogP contribution in [0.15, 0.2) is 42.6 Å². The Kier molecular flexibility index (Phi) is 6.06. The Morgan fingerprint density at radius 1 is 1.19 bits per heavy atom. The Morgan fingerprint density at radius 2 is 1.93 bits per heavy atom. The first-order valence-electron chi connectivity index (χ1n) is 9.34. The molecule has 0 aliphatic carbocycles. The summed E-state index contributed by atoms with van der Waals surface area (Å²) in [5.74, 6) is -0.439. The van der Waals surface area contributed by atoms with Gasteiger partial charge >= 0.3 is 5.97 Å². The Balaban J connectivity index is 1.79. The maximum Gasteiger partial charge on any atom is 0.305 e. The summed E-state index contributed by atoms with van der Waals surface area (Å²) in [6, 6.07) is 10.4. The highest BCUT2D eigenvalue weighted by Crippen LogP contribution is 2.22. The lowest BCUT2D eigenvalue weighted by Crippen LogP contribution is -2.32. The summed E-state index contributed by atoms with van der Waals surface area (Å²) in [6.07, 6.45) is 4.96. The van der Waals surface area contributed by atoms with Crippen molar-refractivity contribution in [3.8, 4) is 0 Å². The summed E-state index contributed by atoms with van der Waals surface area (Å²) in [5.41, 5.74) is 2.26. The second-order valence-electron chi connectivity index (χ2n) is 6.93. The third-order valence-corrected chi connectivity index (χ3v) is 4.94. The number of aliphatic carboxylic acids is 1. The molecule has 1 amide bonds. The van der Waals surface area contributed by atoms with Crippen LogP contribution in [0.2, 0.25) is 0 Å². The van der Waals surface area contributed by atoms with Crippen LogP contribution in [0.3, 0.4) is 0 Å². The fourth-order valence-electron chi connectivity index (χ4n) is 3.49. The molecule has 0 bridgehead atoms. The van der Waals surface area contributed by atoms with Crippen LogP contribution < -0.4 is 10.2 Å². The summed E-state index contributed by atoms with van der Waals surface area (Å²) < 4.78 is 0. The Hall–Kier alpha value is -2.89. The number of rotatable bonds is 6. The number of pyridine rings is 1. The summed E-state index contributed by atoms with van der Waals surface area (Å²) in [7, 11) is 0. The van der Waals surface area contributed by atoms with Crippen molar-refractivity contribution in [2.75, 3.05) is 18.0 Å². The molecule has 6 nitrogen and oxygen atoms in total. The second-order valence-corrected chi connectivity index (χ2v) is 6.93. The summed E-state index contributed by atoms with van der Waals surface area (Å²) in [5, 5.41) is 12.2. The van der Waals surface area contributed by atoms with Gasteiger partial charge in [-0.15, -0.1) is 0 Å². The third-order valence-electron chi connectivity index (χ3n) is 4.94. The smallest absolute Gasteiger partial charge is 0.305 e. The highest BCUT2D eigenvalue weighted by molar-refractivity contribution is 5.95. The SMILES string of the molecule is Cc1ccccc1[C@H](CC(=O)O)NC(=O)c1ccnc(N2CCCCC2)c1. The number of carboxylic acid groups (broad SMARTS) is 1. The number of anilines is 1.